The van der Waals surface area contributed by atoms with Gasteiger partial charge in [-0.3, -0.25) is 0 Å². The van der Waals surface area contributed by atoms with Gasteiger partial charge in [-0.15, -0.1) is 12.4 Å². The molecule has 8 heteroatoms. The second kappa shape index (κ2) is 6.14. The predicted molar refractivity (Wildman–Crippen MR) is 92.2 cm³/mol. The standard InChI is InChI=1S/C16H20N6O.ClH/c1-10-8-11(2)22-14(19-10)12(9-18-22)13-20-15(23-21-13)16(3)6-4-5-7-17-16;/h8-9,17H,4-7H2,1-3H3;1H. The number of rotatable bonds is 2. The van der Waals surface area contributed by atoms with E-state index >= 15 is 0 Å². The quantitative estimate of drug-likeness (QED) is 0.767. The number of halogens is 1. The smallest absolute Gasteiger partial charge is 0.246 e. The first kappa shape index (κ1) is 16.9. The average molecular weight is 349 g/mol. The maximum Gasteiger partial charge on any atom is 0.246 e. The van der Waals surface area contributed by atoms with Gasteiger partial charge in [-0.05, 0) is 52.6 Å². The van der Waals surface area contributed by atoms with Crippen molar-refractivity contribution in [2.24, 2.45) is 0 Å². The van der Waals surface area contributed by atoms with E-state index in [2.05, 4.69) is 32.5 Å². The Kier molecular flexibility index (Phi) is 4.31. The Morgan fingerprint density at radius 1 is 1.25 bits per heavy atom. The van der Waals surface area contributed by atoms with E-state index in [9.17, 15) is 0 Å². The highest BCUT2D eigenvalue weighted by molar-refractivity contribution is 5.85. The SMILES string of the molecule is Cc1cc(C)n2ncc(-c3noc(C4(C)CCCCN4)n3)c2n1.Cl. The van der Waals surface area contributed by atoms with Crippen LogP contribution in [0.5, 0.6) is 0 Å². The Morgan fingerprint density at radius 2 is 2.08 bits per heavy atom. The fourth-order valence-corrected chi connectivity index (χ4v) is 3.22. The summed E-state index contributed by atoms with van der Waals surface area (Å²) in [5, 5.41) is 12.1. The second-order valence-electron chi connectivity index (χ2n) is 6.47. The van der Waals surface area contributed by atoms with Crippen LogP contribution in [0.3, 0.4) is 0 Å². The molecule has 0 radical (unpaired) electrons. The van der Waals surface area contributed by atoms with Gasteiger partial charge in [0, 0.05) is 11.4 Å². The van der Waals surface area contributed by atoms with Gasteiger partial charge in [0.1, 0.15) is 0 Å². The number of aryl methyl sites for hydroxylation is 2. The Labute approximate surface area is 146 Å². The number of nitrogens with one attached hydrogen (secondary N) is 1. The van der Waals surface area contributed by atoms with E-state index in [0.717, 1.165) is 42.0 Å². The van der Waals surface area contributed by atoms with Crippen LogP contribution in [0.25, 0.3) is 17.0 Å². The topological polar surface area (TPSA) is 81.1 Å². The summed E-state index contributed by atoms with van der Waals surface area (Å²) in [5.74, 6) is 1.18. The van der Waals surface area contributed by atoms with E-state index in [-0.39, 0.29) is 17.9 Å². The Balaban J connectivity index is 0.00000169. The van der Waals surface area contributed by atoms with E-state index in [0.29, 0.717) is 11.7 Å². The summed E-state index contributed by atoms with van der Waals surface area (Å²) < 4.78 is 7.36. The van der Waals surface area contributed by atoms with Crippen LogP contribution >= 0.6 is 12.4 Å². The molecule has 1 saturated heterocycles. The average Bonchev–Trinajstić information content (AvgIpc) is 3.14. The van der Waals surface area contributed by atoms with Gasteiger partial charge in [0.15, 0.2) is 5.65 Å². The fourth-order valence-electron chi connectivity index (χ4n) is 3.22. The molecule has 3 aromatic rings. The van der Waals surface area contributed by atoms with Crippen molar-refractivity contribution in [1.82, 2.24) is 30.1 Å². The number of piperidine rings is 1. The van der Waals surface area contributed by atoms with E-state index in [1.165, 1.54) is 6.42 Å². The molecule has 0 amide bonds. The summed E-state index contributed by atoms with van der Waals surface area (Å²) in [6, 6.07) is 2.00. The summed E-state index contributed by atoms with van der Waals surface area (Å²) in [5.41, 5.74) is 3.29. The maximum absolute atomic E-state index is 5.55. The van der Waals surface area contributed by atoms with Crippen molar-refractivity contribution in [3.63, 3.8) is 0 Å². The van der Waals surface area contributed by atoms with Crippen LogP contribution in [0.15, 0.2) is 16.8 Å². The fraction of sp³-hybridized carbons (Fsp3) is 0.500. The summed E-state index contributed by atoms with van der Waals surface area (Å²) in [7, 11) is 0. The monoisotopic (exact) mass is 348 g/mol. The van der Waals surface area contributed by atoms with Crippen molar-refractivity contribution >= 4 is 18.1 Å². The van der Waals surface area contributed by atoms with E-state index in [4.69, 9.17) is 4.52 Å². The molecule has 1 aliphatic rings. The van der Waals surface area contributed by atoms with Crippen LogP contribution in [0.4, 0.5) is 0 Å². The molecule has 1 atom stereocenters. The minimum Gasteiger partial charge on any atom is -0.337 e. The molecule has 0 saturated carbocycles. The molecule has 1 aliphatic heterocycles. The van der Waals surface area contributed by atoms with Crippen molar-refractivity contribution < 1.29 is 4.52 Å². The summed E-state index contributed by atoms with van der Waals surface area (Å²) in [6.45, 7) is 7.07. The van der Waals surface area contributed by atoms with Crippen LogP contribution in [0.2, 0.25) is 0 Å². The second-order valence-corrected chi connectivity index (χ2v) is 6.47. The minimum atomic E-state index is -0.244. The third-order valence-electron chi connectivity index (χ3n) is 4.54. The van der Waals surface area contributed by atoms with Gasteiger partial charge in [0.2, 0.25) is 11.7 Å². The number of fused-ring (bicyclic) bond motifs is 1. The van der Waals surface area contributed by atoms with Crippen molar-refractivity contribution in [2.45, 2.75) is 45.6 Å². The zero-order valence-corrected chi connectivity index (χ0v) is 14.9. The molecule has 0 spiro atoms. The molecule has 0 bridgehead atoms. The highest BCUT2D eigenvalue weighted by Crippen LogP contribution is 2.30. The largest absolute Gasteiger partial charge is 0.337 e. The number of nitrogens with zero attached hydrogens (tertiary/aromatic N) is 5. The van der Waals surface area contributed by atoms with Gasteiger partial charge in [-0.1, -0.05) is 5.16 Å². The third kappa shape index (κ3) is 2.67. The number of hydrogen-bond donors (Lipinski definition) is 1. The van der Waals surface area contributed by atoms with Crippen LogP contribution < -0.4 is 5.32 Å². The first-order chi connectivity index (χ1) is 11.1. The normalized spacial score (nSPS) is 21.0. The number of hydrogen-bond acceptors (Lipinski definition) is 6. The van der Waals surface area contributed by atoms with Crippen LogP contribution in [0, 0.1) is 13.8 Å². The van der Waals surface area contributed by atoms with Crippen molar-refractivity contribution in [1.29, 1.82) is 0 Å². The minimum absolute atomic E-state index is 0. The molecule has 1 unspecified atom stereocenters. The van der Waals surface area contributed by atoms with Gasteiger partial charge in [0.05, 0.1) is 17.3 Å². The molecule has 1 fully saturated rings. The molecule has 7 nitrogen and oxygen atoms in total. The summed E-state index contributed by atoms with van der Waals surface area (Å²) in [4.78, 5) is 9.20. The van der Waals surface area contributed by atoms with Crippen molar-refractivity contribution in [2.75, 3.05) is 6.54 Å². The van der Waals surface area contributed by atoms with Crippen molar-refractivity contribution in [3.8, 4) is 11.4 Å². The molecule has 24 heavy (non-hydrogen) atoms. The lowest BCUT2D eigenvalue weighted by atomic mass is 9.91. The van der Waals surface area contributed by atoms with Gasteiger partial charge >= 0.3 is 0 Å². The van der Waals surface area contributed by atoms with Gasteiger partial charge in [0.25, 0.3) is 0 Å². The Bertz CT molecular complexity index is 865. The first-order valence-electron chi connectivity index (χ1n) is 7.98. The maximum atomic E-state index is 5.55. The molecule has 0 aromatic carbocycles. The van der Waals surface area contributed by atoms with Crippen LogP contribution in [-0.4, -0.2) is 31.3 Å². The van der Waals surface area contributed by atoms with Gasteiger partial charge < -0.3 is 9.84 Å². The zero-order valence-electron chi connectivity index (χ0n) is 14.0. The lowest BCUT2D eigenvalue weighted by Crippen LogP contribution is -2.43. The number of aromatic nitrogens is 5. The van der Waals surface area contributed by atoms with E-state index < -0.39 is 0 Å². The summed E-state index contributed by atoms with van der Waals surface area (Å²) >= 11 is 0. The van der Waals surface area contributed by atoms with Gasteiger partial charge in [-0.25, -0.2) is 9.50 Å². The molecule has 128 valence electrons. The molecular formula is C16H21ClN6O. The predicted octanol–water partition coefficient (Wildman–Crippen LogP) is 2.81. The van der Waals surface area contributed by atoms with E-state index in [1.54, 1.807) is 10.7 Å². The van der Waals surface area contributed by atoms with Gasteiger partial charge in [-0.2, -0.15) is 10.1 Å². The van der Waals surface area contributed by atoms with Crippen LogP contribution in [-0.2, 0) is 5.54 Å². The van der Waals surface area contributed by atoms with E-state index in [1.807, 2.05) is 19.9 Å². The Hall–Kier alpha value is -1.99. The molecular weight excluding hydrogens is 328 g/mol. The molecule has 0 aliphatic carbocycles. The lowest BCUT2D eigenvalue weighted by Gasteiger charge is -2.31. The van der Waals surface area contributed by atoms with Crippen LogP contribution in [0.1, 0.15) is 43.5 Å². The molecule has 3 aromatic heterocycles. The van der Waals surface area contributed by atoms with Crippen molar-refractivity contribution in [3.05, 3.63) is 29.5 Å². The zero-order chi connectivity index (χ0) is 16.0. The third-order valence-corrected chi connectivity index (χ3v) is 4.54. The Morgan fingerprint density at radius 3 is 2.83 bits per heavy atom. The highest BCUT2D eigenvalue weighted by Gasteiger charge is 2.34. The lowest BCUT2D eigenvalue weighted by molar-refractivity contribution is 0.207. The first-order valence-corrected chi connectivity index (χ1v) is 7.98. The highest BCUT2D eigenvalue weighted by atomic mass is 35.5. The summed E-state index contributed by atoms with van der Waals surface area (Å²) in [6.07, 6.45) is 5.10. The molecule has 4 rings (SSSR count). The molecule has 1 N–H and O–H groups in total. The molecule has 4 heterocycles.